The van der Waals surface area contributed by atoms with E-state index in [0.717, 1.165) is 6.07 Å². The predicted molar refractivity (Wildman–Crippen MR) is 61.2 cm³/mol. The van der Waals surface area contributed by atoms with E-state index in [1.165, 1.54) is 13.0 Å². The molecule has 0 heterocycles. The first-order valence-electron chi connectivity index (χ1n) is 3.91. The van der Waals surface area contributed by atoms with E-state index in [1.54, 1.807) is 22.6 Å². The van der Waals surface area contributed by atoms with Crippen molar-refractivity contribution in [3.63, 3.8) is 0 Å². The summed E-state index contributed by atoms with van der Waals surface area (Å²) in [7, 11) is 0. The van der Waals surface area contributed by atoms with E-state index in [2.05, 4.69) is 0 Å². The van der Waals surface area contributed by atoms with Crippen LogP contribution in [0, 0.1) is 13.7 Å². The Bertz CT molecular complexity index is 456. The van der Waals surface area contributed by atoms with Crippen LogP contribution in [0.25, 0.3) is 0 Å². The van der Waals surface area contributed by atoms with Gasteiger partial charge in [0, 0.05) is 15.2 Å². The van der Waals surface area contributed by atoms with Crippen LogP contribution < -0.4 is 0 Å². The smallest absolute Gasteiger partial charge is 0.281 e. The van der Waals surface area contributed by atoms with Gasteiger partial charge in [0.05, 0.1) is 4.92 Å². The van der Waals surface area contributed by atoms with Gasteiger partial charge in [0.2, 0.25) is 0 Å². The van der Waals surface area contributed by atoms with Crippen molar-refractivity contribution in [1.82, 2.24) is 0 Å². The Morgan fingerprint density at radius 3 is 2.53 bits per heavy atom. The molecule has 0 atom stereocenters. The highest BCUT2D eigenvalue weighted by atomic mass is 127. The third-order valence-electron chi connectivity index (χ3n) is 1.78. The van der Waals surface area contributed by atoms with E-state index in [0.29, 0.717) is 9.86 Å². The van der Waals surface area contributed by atoms with Gasteiger partial charge in [-0.3, -0.25) is 19.7 Å². The fourth-order valence-electron chi connectivity index (χ4n) is 1.17. The molecule has 0 saturated heterocycles. The number of aldehydes is 1. The van der Waals surface area contributed by atoms with Gasteiger partial charge < -0.3 is 0 Å². The maximum Gasteiger partial charge on any atom is 0.281 e. The van der Waals surface area contributed by atoms with E-state index in [1.807, 2.05) is 0 Å². The van der Waals surface area contributed by atoms with Crippen molar-refractivity contribution in [2.75, 3.05) is 0 Å². The number of nitrogens with zero attached hydrogens (tertiary/aromatic N) is 1. The summed E-state index contributed by atoms with van der Waals surface area (Å²) in [5.74, 6) is -0.386. The molecule has 0 bridgehead atoms. The zero-order valence-corrected chi connectivity index (χ0v) is 9.85. The highest BCUT2D eigenvalue weighted by Crippen LogP contribution is 2.25. The Hall–Kier alpha value is -1.31. The number of nitro groups is 1. The molecule has 78 valence electrons. The zero-order chi connectivity index (χ0) is 11.6. The second kappa shape index (κ2) is 4.47. The van der Waals surface area contributed by atoms with Gasteiger partial charge in [-0.2, -0.15) is 0 Å². The SMILES string of the molecule is CC(=O)c1c(I)cc(C=O)cc1[N+](=O)[O-]. The first-order chi connectivity index (χ1) is 6.97. The summed E-state index contributed by atoms with van der Waals surface area (Å²) >= 11 is 1.80. The molecule has 0 aliphatic carbocycles. The van der Waals surface area contributed by atoms with Crippen LogP contribution in [0.3, 0.4) is 0 Å². The molecule has 0 unspecified atom stereocenters. The number of nitro benzene ring substituents is 1. The quantitative estimate of drug-likeness (QED) is 0.281. The van der Waals surface area contributed by atoms with Crippen LogP contribution in [0.2, 0.25) is 0 Å². The van der Waals surface area contributed by atoms with Crippen LogP contribution in [0.1, 0.15) is 27.6 Å². The molecule has 6 heteroatoms. The van der Waals surface area contributed by atoms with Gasteiger partial charge >= 0.3 is 0 Å². The summed E-state index contributed by atoms with van der Waals surface area (Å²) in [6, 6.07) is 2.54. The Labute approximate surface area is 98.8 Å². The average Bonchev–Trinajstić information content (AvgIpc) is 2.15. The molecule has 0 amide bonds. The fraction of sp³-hybridized carbons (Fsp3) is 0.111. The highest BCUT2D eigenvalue weighted by Gasteiger charge is 2.21. The third-order valence-corrected chi connectivity index (χ3v) is 2.63. The Kier molecular flexibility index (Phi) is 3.51. The number of halogens is 1. The monoisotopic (exact) mass is 319 g/mol. The minimum atomic E-state index is -0.661. The number of ketones is 1. The van der Waals surface area contributed by atoms with Gasteiger partial charge in [-0.25, -0.2) is 0 Å². The molecular formula is C9H6INO4. The van der Waals surface area contributed by atoms with E-state index < -0.39 is 4.92 Å². The van der Waals surface area contributed by atoms with E-state index in [9.17, 15) is 19.7 Å². The molecule has 0 aromatic heterocycles. The van der Waals surface area contributed by atoms with E-state index >= 15 is 0 Å². The largest absolute Gasteiger partial charge is 0.298 e. The number of hydrogen-bond acceptors (Lipinski definition) is 4. The highest BCUT2D eigenvalue weighted by molar-refractivity contribution is 14.1. The van der Waals surface area contributed by atoms with Gasteiger partial charge in [-0.05, 0) is 35.6 Å². The lowest BCUT2D eigenvalue weighted by molar-refractivity contribution is -0.385. The van der Waals surface area contributed by atoms with Crippen LogP contribution >= 0.6 is 22.6 Å². The molecule has 1 aromatic rings. The molecular weight excluding hydrogens is 313 g/mol. The minimum Gasteiger partial charge on any atom is -0.298 e. The number of rotatable bonds is 3. The predicted octanol–water partition coefficient (Wildman–Crippen LogP) is 2.21. The summed E-state index contributed by atoms with van der Waals surface area (Å²) in [5.41, 5.74) is -0.0844. The molecule has 0 aliphatic heterocycles. The van der Waals surface area contributed by atoms with Crippen molar-refractivity contribution in [2.24, 2.45) is 0 Å². The van der Waals surface area contributed by atoms with Crippen molar-refractivity contribution < 1.29 is 14.5 Å². The third kappa shape index (κ3) is 2.38. The van der Waals surface area contributed by atoms with Gasteiger partial charge in [0.1, 0.15) is 11.8 Å². The van der Waals surface area contributed by atoms with Crippen LogP contribution in [-0.2, 0) is 0 Å². The number of benzene rings is 1. The van der Waals surface area contributed by atoms with Crippen molar-refractivity contribution in [2.45, 2.75) is 6.92 Å². The van der Waals surface area contributed by atoms with Crippen LogP contribution in [0.15, 0.2) is 12.1 Å². The van der Waals surface area contributed by atoms with Crippen molar-refractivity contribution in [1.29, 1.82) is 0 Å². The summed E-state index contributed by atoms with van der Waals surface area (Å²) in [5, 5.41) is 10.7. The molecule has 0 radical (unpaired) electrons. The summed E-state index contributed by atoms with van der Waals surface area (Å²) in [6.07, 6.45) is 0.513. The van der Waals surface area contributed by atoms with Crippen molar-refractivity contribution >= 4 is 40.3 Å². The first kappa shape index (κ1) is 11.8. The molecule has 1 rings (SSSR count). The fourth-order valence-corrected chi connectivity index (χ4v) is 2.19. The second-order valence-electron chi connectivity index (χ2n) is 2.83. The Morgan fingerprint density at radius 2 is 2.13 bits per heavy atom. The maximum atomic E-state index is 11.2. The molecule has 0 N–H and O–H groups in total. The van der Waals surface area contributed by atoms with Gasteiger partial charge in [0.25, 0.3) is 5.69 Å². The molecule has 0 saturated carbocycles. The molecule has 0 aliphatic rings. The maximum absolute atomic E-state index is 11.2. The van der Waals surface area contributed by atoms with Crippen LogP contribution in [0.5, 0.6) is 0 Å². The Balaban J connectivity index is 3.56. The molecule has 5 nitrogen and oxygen atoms in total. The first-order valence-corrected chi connectivity index (χ1v) is 4.99. The number of Topliss-reactive ketones (excluding diaryl/α,β-unsaturated/α-hetero) is 1. The summed E-state index contributed by atoms with van der Waals surface area (Å²) in [6.45, 7) is 1.26. The van der Waals surface area contributed by atoms with Crippen LogP contribution in [0.4, 0.5) is 5.69 Å². The number of carbonyl (C=O) groups excluding carboxylic acids is 2. The standard InChI is InChI=1S/C9H6INO4/c1-5(13)9-7(10)2-6(4-12)3-8(9)11(14)15/h2-4H,1H3. The lowest BCUT2D eigenvalue weighted by Crippen LogP contribution is -2.04. The minimum absolute atomic E-state index is 0.0474. The number of hydrogen-bond donors (Lipinski definition) is 0. The normalized spacial score (nSPS) is 9.73. The molecule has 1 aromatic carbocycles. The average molecular weight is 319 g/mol. The van der Waals surface area contributed by atoms with E-state index in [4.69, 9.17) is 0 Å². The van der Waals surface area contributed by atoms with Crippen molar-refractivity contribution in [3.05, 3.63) is 36.9 Å². The summed E-state index contributed by atoms with van der Waals surface area (Å²) < 4.78 is 0.413. The Morgan fingerprint density at radius 1 is 1.53 bits per heavy atom. The lowest BCUT2D eigenvalue weighted by Gasteiger charge is -2.02. The second-order valence-corrected chi connectivity index (χ2v) is 3.99. The summed E-state index contributed by atoms with van der Waals surface area (Å²) in [4.78, 5) is 31.7. The van der Waals surface area contributed by atoms with Gasteiger partial charge in [-0.15, -0.1) is 0 Å². The van der Waals surface area contributed by atoms with Gasteiger partial charge in [0.15, 0.2) is 5.78 Å². The molecule has 0 fully saturated rings. The van der Waals surface area contributed by atoms with Gasteiger partial charge in [-0.1, -0.05) is 0 Å². The molecule has 0 spiro atoms. The van der Waals surface area contributed by atoms with Crippen molar-refractivity contribution in [3.8, 4) is 0 Å². The number of carbonyl (C=O) groups is 2. The topological polar surface area (TPSA) is 77.3 Å². The zero-order valence-electron chi connectivity index (χ0n) is 7.69. The van der Waals surface area contributed by atoms with Crippen LogP contribution in [-0.4, -0.2) is 17.0 Å². The molecule has 15 heavy (non-hydrogen) atoms. The van der Waals surface area contributed by atoms with E-state index in [-0.39, 0.29) is 22.6 Å². The lowest BCUT2D eigenvalue weighted by atomic mass is 10.1.